The molecule has 5 rings (SSSR count). The summed E-state index contributed by atoms with van der Waals surface area (Å²) >= 11 is 5.94. The van der Waals surface area contributed by atoms with Crippen LogP contribution in [0.3, 0.4) is 0 Å². The average Bonchev–Trinajstić information content (AvgIpc) is 3.36. The van der Waals surface area contributed by atoms with Gasteiger partial charge in [-0.25, -0.2) is 0 Å². The standard InChI is InChI=1S/C31H34N4OS/c1-7-36-25-13-11-24(12-14-25)35-30(28(33-31(35)37)27-10-8-9-15-32-27)26-18-22(5)34(23(26)6)29-20(3)16-19(2)17-21(29)4/h8-18,28,30H,7H2,1-6H3,(H,33,37)/t28-,30+/m0/s1. The van der Waals surface area contributed by atoms with Gasteiger partial charge in [-0.3, -0.25) is 4.98 Å². The van der Waals surface area contributed by atoms with Crippen LogP contribution in [0.15, 0.2) is 66.9 Å². The van der Waals surface area contributed by atoms with Gasteiger partial charge in [0.25, 0.3) is 0 Å². The van der Waals surface area contributed by atoms with Crippen LogP contribution in [0.25, 0.3) is 5.69 Å². The molecule has 1 fully saturated rings. The van der Waals surface area contributed by atoms with Gasteiger partial charge in [0.1, 0.15) is 5.75 Å². The highest BCUT2D eigenvalue weighted by atomic mass is 32.1. The van der Waals surface area contributed by atoms with E-state index >= 15 is 0 Å². The van der Waals surface area contributed by atoms with E-state index in [1.54, 1.807) is 0 Å². The molecule has 190 valence electrons. The number of hydrogen-bond acceptors (Lipinski definition) is 3. The van der Waals surface area contributed by atoms with Crippen molar-refractivity contribution < 1.29 is 4.74 Å². The minimum absolute atomic E-state index is 0.0636. The van der Waals surface area contributed by atoms with Crippen LogP contribution in [-0.4, -0.2) is 21.3 Å². The van der Waals surface area contributed by atoms with Crippen LogP contribution in [0, 0.1) is 34.6 Å². The monoisotopic (exact) mass is 510 g/mol. The Bertz CT molecular complexity index is 1420. The third-order valence-electron chi connectivity index (χ3n) is 7.17. The first-order valence-corrected chi connectivity index (χ1v) is 13.2. The van der Waals surface area contributed by atoms with Crippen LogP contribution in [0.1, 0.15) is 58.3 Å². The number of aromatic nitrogens is 2. The molecule has 0 saturated carbocycles. The zero-order valence-corrected chi connectivity index (χ0v) is 23.2. The van der Waals surface area contributed by atoms with Crippen molar-refractivity contribution in [3.8, 4) is 11.4 Å². The summed E-state index contributed by atoms with van der Waals surface area (Å²) in [6.45, 7) is 13.6. The zero-order chi connectivity index (χ0) is 26.3. The van der Waals surface area contributed by atoms with Crippen LogP contribution in [0.4, 0.5) is 5.69 Å². The van der Waals surface area contributed by atoms with Gasteiger partial charge in [-0.2, -0.15) is 0 Å². The van der Waals surface area contributed by atoms with E-state index in [9.17, 15) is 0 Å². The number of hydrogen-bond donors (Lipinski definition) is 1. The highest BCUT2D eigenvalue weighted by Gasteiger charge is 2.42. The Labute approximate surface area is 225 Å². The SMILES string of the molecule is CCOc1ccc(N2C(=S)N[C@@H](c3ccccn3)[C@H]2c2cc(C)n(-c3c(C)cc(C)cc3C)c2C)cc1. The number of ether oxygens (including phenoxy) is 1. The highest BCUT2D eigenvalue weighted by Crippen LogP contribution is 2.44. The van der Waals surface area contributed by atoms with E-state index < -0.39 is 0 Å². The van der Waals surface area contributed by atoms with Crippen molar-refractivity contribution in [1.82, 2.24) is 14.9 Å². The molecule has 4 aromatic rings. The molecule has 2 aromatic carbocycles. The van der Waals surface area contributed by atoms with Crippen molar-refractivity contribution in [2.45, 2.75) is 53.6 Å². The second kappa shape index (κ2) is 10.0. The van der Waals surface area contributed by atoms with Gasteiger partial charge < -0.3 is 19.5 Å². The lowest BCUT2D eigenvalue weighted by Gasteiger charge is -2.28. The van der Waals surface area contributed by atoms with Crippen molar-refractivity contribution in [3.05, 3.63) is 106 Å². The van der Waals surface area contributed by atoms with Crippen LogP contribution in [0.2, 0.25) is 0 Å². The first kappa shape index (κ1) is 25.0. The fraction of sp³-hybridized carbons (Fsp3) is 0.290. The summed E-state index contributed by atoms with van der Waals surface area (Å²) in [7, 11) is 0. The van der Waals surface area contributed by atoms with E-state index in [2.05, 4.69) is 85.8 Å². The van der Waals surface area contributed by atoms with E-state index in [1.165, 1.54) is 39.3 Å². The summed E-state index contributed by atoms with van der Waals surface area (Å²) in [5.74, 6) is 0.852. The second-order valence-electron chi connectivity index (χ2n) is 9.83. The van der Waals surface area contributed by atoms with Gasteiger partial charge in [0, 0.05) is 23.3 Å². The molecular formula is C31H34N4OS. The topological polar surface area (TPSA) is 42.3 Å². The largest absolute Gasteiger partial charge is 0.494 e. The fourth-order valence-corrected chi connectivity index (χ4v) is 6.12. The number of rotatable bonds is 6. The Morgan fingerprint density at radius 1 is 0.946 bits per heavy atom. The third kappa shape index (κ3) is 4.51. The van der Waals surface area contributed by atoms with Crippen molar-refractivity contribution in [2.24, 2.45) is 0 Å². The molecule has 0 amide bonds. The molecule has 1 saturated heterocycles. The van der Waals surface area contributed by atoms with Crippen LogP contribution >= 0.6 is 12.2 Å². The Kier molecular flexibility index (Phi) is 6.78. The summed E-state index contributed by atoms with van der Waals surface area (Å²) < 4.78 is 8.09. The van der Waals surface area contributed by atoms with Gasteiger partial charge in [0.2, 0.25) is 0 Å². The number of benzene rings is 2. The van der Waals surface area contributed by atoms with Crippen LogP contribution < -0.4 is 15.0 Å². The Hall–Kier alpha value is -3.64. The first-order valence-electron chi connectivity index (χ1n) is 12.8. The van der Waals surface area contributed by atoms with Gasteiger partial charge >= 0.3 is 0 Å². The molecule has 1 aliphatic rings. The minimum atomic E-state index is -0.0885. The molecule has 0 unspecified atom stereocenters. The third-order valence-corrected chi connectivity index (χ3v) is 7.49. The predicted octanol–water partition coefficient (Wildman–Crippen LogP) is 6.99. The predicted molar refractivity (Wildman–Crippen MR) is 155 cm³/mol. The van der Waals surface area contributed by atoms with E-state index in [4.69, 9.17) is 21.9 Å². The van der Waals surface area contributed by atoms with E-state index in [-0.39, 0.29) is 12.1 Å². The lowest BCUT2D eigenvalue weighted by atomic mass is 9.96. The van der Waals surface area contributed by atoms with Crippen molar-refractivity contribution in [3.63, 3.8) is 0 Å². The lowest BCUT2D eigenvalue weighted by Crippen LogP contribution is -2.29. The second-order valence-corrected chi connectivity index (χ2v) is 10.2. The van der Waals surface area contributed by atoms with Crippen LogP contribution in [-0.2, 0) is 0 Å². The fourth-order valence-electron chi connectivity index (χ4n) is 5.77. The normalized spacial score (nSPS) is 17.2. The highest BCUT2D eigenvalue weighted by molar-refractivity contribution is 7.80. The van der Waals surface area contributed by atoms with Gasteiger partial charge in [-0.1, -0.05) is 23.8 Å². The van der Waals surface area contributed by atoms with Gasteiger partial charge in [-0.05, 0) is 113 Å². The molecule has 37 heavy (non-hydrogen) atoms. The number of pyridine rings is 1. The zero-order valence-electron chi connectivity index (χ0n) is 22.4. The number of thiocarbonyl (C=S) groups is 1. The molecule has 1 N–H and O–H groups in total. The molecule has 0 radical (unpaired) electrons. The minimum Gasteiger partial charge on any atom is -0.494 e. The average molecular weight is 511 g/mol. The molecule has 5 nitrogen and oxygen atoms in total. The maximum Gasteiger partial charge on any atom is 0.174 e. The number of anilines is 1. The Morgan fingerprint density at radius 3 is 2.27 bits per heavy atom. The molecule has 2 aromatic heterocycles. The Balaban J connectivity index is 1.67. The summed E-state index contributed by atoms with van der Waals surface area (Å²) in [6.07, 6.45) is 1.85. The van der Waals surface area contributed by atoms with E-state index in [0.717, 1.165) is 17.1 Å². The number of nitrogens with zero attached hydrogens (tertiary/aromatic N) is 3. The summed E-state index contributed by atoms with van der Waals surface area (Å²) in [5.41, 5.74) is 10.7. The summed E-state index contributed by atoms with van der Waals surface area (Å²) in [4.78, 5) is 6.94. The molecule has 0 bridgehead atoms. The lowest BCUT2D eigenvalue weighted by molar-refractivity contribution is 0.340. The van der Waals surface area contributed by atoms with Crippen molar-refractivity contribution in [1.29, 1.82) is 0 Å². The molecule has 0 spiro atoms. The van der Waals surface area contributed by atoms with Crippen molar-refractivity contribution >= 4 is 23.0 Å². The van der Waals surface area contributed by atoms with Crippen molar-refractivity contribution in [2.75, 3.05) is 11.5 Å². The quantitative estimate of drug-likeness (QED) is 0.283. The molecular weight excluding hydrogens is 476 g/mol. The molecule has 6 heteroatoms. The van der Waals surface area contributed by atoms with E-state index in [0.29, 0.717) is 11.7 Å². The van der Waals surface area contributed by atoms with E-state index in [1.807, 2.05) is 37.4 Å². The molecule has 2 atom stereocenters. The molecule has 0 aliphatic carbocycles. The maximum atomic E-state index is 5.94. The Morgan fingerprint density at radius 2 is 1.65 bits per heavy atom. The van der Waals surface area contributed by atoms with Gasteiger partial charge in [0.15, 0.2) is 5.11 Å². The molecule has 3 heterocycles. The van der Waals surface area contributed by atoms with Crippen LogP contribution in [0.5, 0.6) is 5.75 Å². The number of nitrogens with one attached hydrogen (secondary N) is 1. The van der Waals surface area contributed by atoms with Gasteiger partial charge in [0.05, 0.1) is 30.1 Å². The summed E-state index contributed by atoms with van der Waals surface area (Å²) in [6, 6.07) is 20.9. The number of aryl methyl sites for hydroxylation is 4. The molecule has 1 aliphatic heterocycles. The maximum absolute atomic E-state index is 5.94. The first-order chi connectivity index (χ1) is 17.8. The van der Waals surface area contributed by atoms with Gasteiger partial charge in [-0.15, -0.1) is 0 Å². The smallest absolute Gasteiger partial charge is 0.174 e. The summed E-state index contributed by atoms with van der Waals surface area (Å²) in [5, 5.41) is 4.28.